The van der Waals surface area contributed by atoms with Gasteiger partial charge in [-0.1, -0.05) is 5.16 Å². The summed E-state index contributed by atoms with van der Waals surface area (Å²) in [6, 6.07) is 0. The van der Waals surface area contributed by atoms with Gasteiger partial charge in [0.2, 0.25) is 5.89 Å². The number of rotatable bonds is 4. The lowest BCUT2D eigenvalue weighted by atomic mass is 10.2. The predicted molar refractivity (Wildman–Crippen MR) is 78.7 cm³/mol. The van der Waals surface area contributed by atoms with Crippen LogP contribution in [0.25, 0.3) is 11.3 Å². The minimum Gasteiger partial charge on any atom is -0.382 e. The summed E-state index contributed by atoms with van der Waals surface area (Å²) in [6.45, 7) is 4.16. The van der Waals surface area contributed by atoms with Crippen molar-refractivity contribution in [2.24, 2.45) is 0 Å². The lowest BCUT2D eigenvalue weighted by molar-refractivity contribution is 0.379. The standard InChI is InChI=1S/C11H12N6OS2/c1-5-14-8(18-16-5)3-13-11-9(10(12)17-20-11)7-4-19-6(2)15-7/h4,13H,3H2,1-2H3,(H2,12,17). The smallest absolute Gasteiger partial charge is 0.245 e. The zero-order valence-electron chi connectivity index (χ0n) is 10.9. The Morgan fingerprint density at radius 2 is 2.20 bits per heavy atom. The van der Waals surface area contributed by atoms with Crippen LogP contribution in [0.4, 0.5) is 10.8 Å². The van der Waals surface area contributed by atoms with E-state index in [4.69, 9.17) is 10.3 Å². The SMILES string of the molecule is Cc1noc(CNc2snc(N)c2-c2csc(C)n2)n1. The van der Waals surface area contributed by atoms with E-state index < -0.39 is 0 Å². The maximum atomic E-state index is 5.93. The summed E-state index contributed by atoms with van der Waals surface area (Å²) in [4.78, 5) is 8.59. The molecule has 0 amide bonds. The van der Waals surface area contributed by atoms with Crippen LogP contribution in [0, 0.1) is 13.8 Å². The largest absolute Gasteiger partial charge is 0.382 e. The zero-order chi connectivity index (χ0) is 14.1. The van der Waals surface area contributed by atoms with Crippen LogP contribution < -0.4 is 11.1 Å². The first-order valence-corrected chi connectivity index (χ1v) is 7.49. The van der Waals surface area contributed by atoms with Crippen molar-refractivity contribution in [1.29, 1.82) is 0 Å². The van der Waals surface area contributed by atoms with E-state index >= 15 is 0 Å². The molecule has 0 bridgehead atoms. The number of thiazole rings is 1. The highest BCUT2D eigenvalue weighted by molar-refractivity contribution is 7.11. The van der Waals surface area contributed by atoms with Gasteiger partial charge >= 0.3 is 0 Å². The topological polar surface area (TPSA) is 103 Å². The maximum absolute atomic E-state index is 5.93. The highest BCUT2D eigenvalue weighted by Gasteiger charge is 2.16. The Hall–Kier alpha value is -2.00. The molecule has 0 unspecified atom stereocenters. The summed E-state index contributed by atoms with van der Waals surface area (Å²) >= 11 is 2.87. The molecule has 3 N–H and O–H groups in total. The number of aryl methyl sites for hydroxylation is 2. The lowest BCUT2D eigenvalue weighted by Gasteiger charge is -2.02. The van der Waals surface area contributed by atoms with Crippen molar-refractivity contribution in [3.63, 3.8) is 0 Å². The van der Waals surface area contributed by atoms with Gasteiger partial charge in [-0.25, -0.2) is 4.98 Å². The Bertz CT molecular complexity index is 731. The summed E-state index contributed by atoms with van der Waals surface area (Å²) in [7, 11) is 0. The monoisotopic (exact) mass is 308 g/mol. The van der Waals surface area contributed by atoms with Crippen molar-refractivity contribution in [2.75, 3.05) is 11.1 Å². The Balaban J connectivity index is 1.83. The van der Waals surface area contributed by atoms with Gasteiger partial charge in [0.15, 0.2) is 5.82 Å². The third kappa shape index (κ3) is 2.49. The number of aromatic nitrogens is 4. The van der Waals surface area contributed by atoms with Crippen LogP contribution in [-0.2, 0) is 6.54 Å². The highest BCUT2D eigenvalue weighted by atomic mass is 32.1. The summed E-state index contributed by atoms with van der Waals surface area (Å²) in [6.07, 6.45) is 0. The van der Waals surface area contributed by atoms with E-state index in [1.54, 1.807) is 18.3 Å². The molecule has 7 nitrogen and oxygen atoms in total. The minimum absolute atomic E-state index is 0.429. The van der Waals surface area contributed by atoms with E-state index in [1.165, 1.54) is 11.5 Å². The van der Waals surface area contributed by atoms with Crippen molar-refractivity contribution in [3.05, 3.63) is 22.1 Å². The molecule has 0 saturated carbocycles. The van der Waals surface area contributed by atoms with Crippen LogP contribution in [0.2, 0.25) is 0 Å². The van der Waals surface area contributed by atoms with Crippen LogP contribution in [0.1, 0.15) is 16.7 Å². The van der Waals surface area contributed by atoms with E-state index in [2.05, 4.69) is 24.8 Å². The molecule has 3 rings (SSSR count). The van der Waals surface area contributed by atoms with E-state index in [0.29, 0.717) is 24.1 Å². The molecular weight excluding hydrogens is 296 g/mol. The molecule has 0 aromatic carbocycles. The fraction of sp³-hybridized carbons (Fsp3) is 0.273. The van der Waals surface area contributed by atoms with Crippen molar-refractivity contribution in [1.82, 2.24) is 19.5 Å². The molecule has 0 aliphatic carbocycles. The first kappa shape index (κ1) is 13.0. The molecule has 0 radical (unpaired) electrons. The maximum Gasteiger partial charge on any atom is 0.245 e. The number of nitrogens with zero attached hydrogens (tertiary/aromatic N) is 4. The van der Waals surface area contributed by atoms with Gasteiger partial charge in [0.05, 0.1) is 22.8 Å². The van der Waals surface area contributed by atoms with Gasteiger partial charge in [0.1, 0.15) is 10.8 Å². The number of anilines is 2. The Morgan fingerprint density at radius 3 is 2.85 bits per heavy atom. The van der Waals surface area contributed by atoms with Gasteiger partial charge in [0, 0.05) is 5.38 Å². The second kappa shape index (κ2) is 5.17. The normalized spacial score (nSPS) is 10.9. The second-order valence-corrected chi connectivity index (χ2v) is 5.95. The van der Waals surface area contributed by atoms with Crippen molar-refractivity contribution in [2.45, 2.75) is 20.4 Å². The average Bonchev–Trinajstić information content (AvgIpc) is 3.09. The number of nitrogens with two attached hydrogens (primary N) is 1. The number of hydrogen-bond acceptors (Lipinski definition) is 9. The average molecular weight is 308 g/mol. The molecule has 104 valence electrons. The first-order valence-electron chi connectivity index (χ1n) is 5.84. The molecule has 0 spiro atoms. The first-order chi connectivity index (χ1) is 9.63. The molecule has 0 saturated heterocycles. The number of nitrogens with one attached hydrogen (secondary N) is 1. The molecular formula is C11H12N6OS2. The molecule has 3 aromatic rings. The van der Waals surface area contributed by atoms with Crippen LogP contribution in [-0.4, -0.2) is 19.5 Å². The number of nitrogen functional groups attached to an aromatic ring is 1. The lowest BCUT2D eigenvalue weighted by Crippen LogP contribution is -2.00. The highest BCUT2D eigenvalue weighted by Crippen LogP contribution is 2.37. The van der Waals surface area contributed by atoms with Gasteiger partial charge in [-0.15, -0.1) is 11.3 Å². The van der Waals surface area contributed by atoms with Gasteiger partial charge < -0.3 is 15.6 Å². The molecule has 0 atom stereocenters. The van der Waals surface area contributed by atoms with Crippen LogP contribution >= 0.6 is 22.9 Å². The van der Waals surface area contributed by atoms with Gasteiger partial charge in [0.25, 0.3) is 0 Å². The van der Waals surface area contributed by atoms with E-state index in [9.17, 15) is 0 Å². The van der Waals surface area contributed by atoms with E-state index in [-0.39, 0.29) is 0 Å². The van der Waals surface area contributed by atoms with E-state index in [1.807, 2.05) is 12.3 Å². The molecule has 0 aliphatic heterocycles. The fourth-order valence-electron chi connectivity index (χ4n) is 1.72. The van der Waals surface area contributed by atoms with Crippen molar-refractivity contribution in [3.8, 4) is 11.3 Å². The number of hydrogen-bond donors (Lipinski definition) is 2. The molecule has 0 fully saturated rings. The molecule has 9 heteroatoms. The molecule has 3 heterocycles. The Labute approximate surface area is 123 Å². The van der Waals surface area contributed by atoms with Crippen LogP contribution in [0.5, 0.6) is 0 Å². The summed E-state index contributed by atoms with van der Waals surface area (Å²) in [5.41, 5.74) is 7.59. The van der Waals surface area contributed by atoms with Gasteiger partial charge in [-0.3, -0.25) is 0 Å². The quantitative estimate of drug-likeness (QED) is 0.763. The Kier molecular flexibility index (Phi) is 3.36. The van der Waals surface area contributed by atoms with Gasteiger partial charge in [-0.2, -0.15) is 9.36 Å². The minimum atomic E-state index is 0.429. The van der Waals surface area contributed by atoms with Crippen molar-refractivity contribution >= 4 is 33.7 Å². The predicted octanol–water partition coefficient (Wildman–Crippen LogP) is 2.46. The molecule has 0 aliphatic rings. The summed E-state index contributed by atoms with van der Waals surface area (Å²) in [5.74, 6) is 1.61. The third-order valence-corrected chi connectivity index (χ3v) is 4.16. The Morgan fingerprint density at radius 1 is 1.35 bits per heavy atom. The fourth-order valence-corrected chi connectivity index (χ4v) is 3.04. The summed E-state index contributed by atoms with van der Waals surface area (Å²) in [5, 5.41) is 10.8. The van der Waals surface area contributed by atoms with E-state index in [0.717, 1.165) is 21.3 Å². The third-order valence-electron chi connectivity index (χ3n) is 2.56. The molecule has 3 aromatic heterocycles. The molecule has 20 heavy (non-hydrogen) atoms. The van der Waals surface area contributed by atoms with Gasteiger partial charge in [-0.05, 0) is 25.4 Å². The van der Waals surface area contributed by atoms with Crippen LogP contribution in [0.3, 0.4) is 0 Å². The zero-order valence-corrected chi connectivity index (χ0v) is 12.5. The second-order valence-electron chi connectivity index (χ2n) is 4.11. The van der Waals surface area contributed by atoms with Crippen LogP contribution in [0.15, 0.2) is 9.90 Å². The van der Waals surface area contributed by atoms with Crippen molar-refractivity contribution < 1.29 is 4.52 Å². The summed E-state index contributed by atoms with van der Waals surface area (Å²) < 4.78 is 9.23.